The van der Waals surface area contributed by atoms with E-state index in [0.29, 0.717) is 24.7 Å². The van der Waals surface area contributed by atoms with Crippen LogP contribution in [-0.2, 0) is 38.5 Å². The molecule has 1 aliphatic rings. The average molecular weight is 599 g/mol. The maximum atomic E-state index is 12.9. The van der Waals surface area contributed by atoms with Crippen LogP contribution in [0, 0.1) is 0 Å². The molecule has 13 heteroatoms. The number of aromatic nitrogens is 1. The quantitative estimate of drug-likeness (QED) is 0.303. The number of hydrogen-bond donors (Lipinski definition) is 0. The molecule has 0 aliphatic carbocycles. The first-order valence-corrected chi connectivity index (χ1v) is 15.6. The van der Waals surface area contributed by atoms with E-state index < -0.39 is 21.6 Å². The monoisotopic (exact) mass is 598 g/mol. The summed E-state index contributed by atoms with van der Waals surface area (Å²) in [5.41, 5.74) is 0.450. The fourth-order valence-electron chi connectivity index (χ4n) is 4.23. The Kier molecular flexibility index (Phi) is 9.47. The third-order valence-corrected chi connectivity index (χ3v) is 8.16. The predicted octanol–water partition coefficient (Wildman–Crippen LogP) is 4.87. The van der Waals surface area contributed by atoms with Gasteiger partial charge in [0, 0.05) is 42.8 Å². The molecule has 0 spiro atoms. The van der Waals surface area contributed by atoms with Gasteiger partial charge in [-0.25, -0.2) is 13.4 Å². The number of hydrogen-bond acceptors (Lipinski definition) is 9. The van der Waals surface area contributed by atoms with E-state index in [0.717, 1.165) is 36.2 Å². The summed E-state index contributed by atoms with van der Waals surface area (Å²) >= 11 is 1.72. The molecule has 2 aromatic carbocycles. The Morgan fingerprint density at radius 3 is 2.62 bits per heavy atom. The highest BCUT2D eigenvalue weighted by Gasteiger charge is 2.31. The number of benzene rings is 2. The second-order valence-electron chi connectivity index (χ2n) is 9.16. The minimum Gasteiger partial charge on any atom is -0.493 e. The lowest BCUT2D eigenvalue weighted by molar-refractivity contribution is -0.149. The molecular weight excluding hydrogens is 569 g/mol. The Labute approximate surface area is 234 Å². The van der Waals surface area contributed by atoms with Crippen molar-refractivity contribution in [1.82, 2.24) is 9.88 Å². The first-order chi connectivity index (χ1) is 19.0. The molecule has 4 rings (SSSR count). The summed E-state index contributed by atoms with van der Waals surface area (Å²) in [6, 6.07) is 11.2. The van der Waals surface area contributed by atoms with Crippen LogP contribution in [0.15, 0.2) is 58.0 Å². The van der Waals surface area contributed by atoms with Crippen LogP contribution in [0.1, 0.15) is 23.7 Å². The zero-order chi connectivity index (χ0) is 28.9. The number of carbonyl (C=O) groups is 1. The van der Waals surface area contributed by atoms with Gasteiger partial charge in [-0.2, -0.15) is 24.9 Å². The van der Waals surface area contributed by atoms with Crippen molar-refractivity contribution in [2.45, 2.75) is 37.2 Å². The Hall–Kier alpha value is -3.03. The second kappa shape index (κ2) is 12.6. The fraction of sp³-hybridized carbons (Fsp3) is 0.407. The van der Waals surface area contributed by atoms with E-state index in [9.17, 15) is 26.4 Å². The van der Waals surface area contributed by atoms with E-state index in [-0.39, 0.29) is 47.3 Å². The Morgan fingerprint density at radius 2 is 1.95 bits per heavy atom. The van der Waals surface area contributed by atoms with Crippen molar-refractivity contribution in [2.24, 2.45) is 0 Å². The molecular formula is C27H29F3N2O6S2. The number of esters is 1. The Morgan fingerprint density at radius 1 is 1.20 bits per heavy atom. The summed E-state index contributed by atoms with van der Waals surface area (Å²) < 4.78 is 79.8. The number of oxazole rings is 1. The van der Waals surface area contributed by atoms with Crippen molar-refractivity contribution < 1.29 is 40.3 Å². The largest absolute Gasteiger partial charge is 0.493 e. The van der Waals surface area contributed by atoms with Crippen molar-refractivity contribution in [3.8, 4) is 17.2 Å². The minimum atomic E-state index is -4.50. The highest BCUT2D eigenvalue weighted by atomic mass is 32.2. The summed E-state index contributed by atoms with van der Waals surface area (Å²) in [4.78, 5) is 18.7. The van der Waals surface area contributed by atoms with Crippen LogP contribution in [-0.4, -0.2) is 67.8 Å². The van der Waals surface area contributed by atoms with Crippen LogP contribution in [0.3, 0.4) is 0 Å². The molecule has 0 bridgehead atoms. The number of rotatable bonds is 10. The van der Waals surface area contributed by atoms with Crippen molar-refractivity contribution in [1.29, 1.82) is 0 Å². The van der Waals surface area contributed by atoms with Gasteiger partial charge in [0.15, 0.2) is 0 Å². The Balaban J connectivity index is 1.43. The van der Waals surface area contributed by atoms with E-state index in [1.165, 1.54) is 12.1 Å². The highest BCUT2D eigenvalue weighted by Crippen LogP contribution is 2.32. The number of alkyl halides is 3. The molecule has 1 aromatic heterocycles. The zero-order valence-corrected chi connectivity index (χ0v) is 23.6. The van der Waals surface area contributed by atoms with Crippen LogP contribution >= 0.6 is 11.8 Å². The first-order valence-electron chi connectivity index (χ1n) is 12.5. The zero-order valence-electron chi connectivity index (χ0n) is 21.9. The first kappa shape index (κ1) is 29.9. The molecule has 0 amide bonds. The molecule has 1 aliphatic heterocycles. The van der Waals surface area contributed by atoms with E-state index >= 15 is 0 Å². The number of halogens is 3. The molecule has 0 radical (unpaired) electrons. The number of thioether (sulfide) groups is 1. The maximum absolute atomic E-state index is 12.9. The van der Waals surface area contributed by atoms with Crippen molar-refractivity contribution in [3.63, 3.8) is 0 Å². The standard InChI is InChI=1S/C27H29F3N2O6S2/c1-3-36-25(33)23-17-39-14-12-32(23)16-18-5-4-6-21(15-18)37-13-11-22-26(40(2,34)35)38-24(31-22)19-7-9-20(10-8-19)27(28,29)30/h4-10,15,23H,3,11-14,16-17H2,1-2H3. The number of carbonyl (C=O) groups excluding carboxylic acids is 1. The van der Waals surface area contributed by atoms with Crippen LogP contribution in [0.2, 0.25) is 0 Å². The third kappa shape index (κ3) is 7.58. The number of nitrogens with zero attached hydrogens (tertiary/aromatic N) is 2. The lowest BCUT2D eigenvalue weighted by Gasteiger charge is -2.33. The van der Waals surface area contributed by atoms with Gasteiger partial charge in [-0.05, 0) is 48.9 Å². The van der Waals surface area contributed by atoms with Crippen LogP contribution in [0.4, 0.5) is 13.2 Å². The number of sulfone groups is 1. The molecule has 2 heterocycles. The predicted molar refractivity (Wildman–Crippen MR) is 144 cm³/mol. The van der Waals surface area contributed by atoms with Gasteiger partial charge in [0.05, 0.1) is 18.8 Å². The van der Waals surface area contributed by atoms with Gasteiger partial charge in [0.1, 0.15) is 17.5 Å². The van der Waals surface area contributed by atoms with Gasteiger partial charge in [-0.15, -0.1) is 0 Å². The highest BCUT2D eigenvalue weighted by molar-refractivity contribution is 7.99. The summed E-state index contributed by atoms with van der Waals surface area (Å²) in [5.74, 6) is 1.82. The average Bonchev–Trinajstić information content (AvgIpc) is 3.34. The van der Waals surface area contributed by atoms with Gasteiger partial charge in [0.25, 0.3) is 0 Å². The van der Waals surface area contributed by atoms with E-state index in [1.54, 1.807) is 24.8 Å². The lowest BCUT2D eigenvalue weighted by atomic mass is 10.1. The molecule has 40 heavy (non-hydrogen) atoms. The van der Waals surface area contributed by atoms with E-state index in [1.807, 2.05) is 18.2 Å². The van der Waals surface area contributed by atoms with Gasteiger partial charge in [-0.1, -0.05) is 12.1 Å². The molecule has 1 fully saturated rings. The summed E-state index contributed by atoms with van der Waals surface area (Å²) in [6.45, 7) is 3.49. The van der Waals surface area contributed by atoms with Crippen LogP contribution in [0.25, 0.3) is 11.5 Å². The molecule has 0 saturated carbocycles. The van der Waals surface area contributed by atoms with E-state index in [4.69, 9.17) is 13.9 Å². The molecule has 1 unspecified atom stereocenters. The number of ether oxygens (including phenoxy) is 2. The Bertz CT molecular complexity index is 1420. The van der Waals surface area contributed by atoms with Crippen molar-refractivity contribution in [3.05, 3.63) is 65.4 Å². The smallest absolute Gasteiger partial charge is 0.416 e. The molecule has 216 valence electrons. The normalized spacial score (nSPS) is 16.6. The van der Waals surface area contributed by atoms with Crippen LogP contribution in [0.5, 0.6) is 5.75 Å². The van der Waals surface area contributed by atoms with Crippen molar-refractivity contribution in [2.75, 3.05) is 37.5 Å². The van der Waals surface area contributed by atoms with Gasteiger partial charge < -0.3 is 13.9 Å². The third-order valence-electron chi connectivity index (χ3n) is 6.15. The summed E-state index contributed by atoms with van der Waals surface area (Å²) in [5, 5.41) is -0.354. The maximum Gasteiger partial charge on any atom is 0.416 e. The summed E-state index contributed by atoms with van der Waals surface area (Å²) in [7, 11) is -3.80. The molecule has 1 saturated heterocycles. The minimum absolute atomic E-state index is 0.0801. The lowest BCUT2D eigenvalue weighted by Crippen LogP contribution is -2.47. The molecule has 1 atom stereocenters. The fourth-order valence-corrected chi connectivity index (χ4v) is 6.13. The summed E-state index contributed by atoms with van der Waals surface area (Å²) in [6.07, 6.45) is -3.44. The molecule has 3 aromatic rings. The van der Waals surface area contributed by atoms with Gasteiger partial charge in [0.2, 0.25) is 20.8 Å². The SMILES string of the molecule is CCOC(=O)C1CSCCN1Cc1cccc(OCCc2nc(-c3ccc(C(F)(F)F)cc3)oc2S(C)(=O)=O)c1. The second-order valence-corrected chi connectivity index (χ2v) is 12.2. The van der Waals surface area contributed by atoms with Crippen LogP contribution < -0.4 is 4.74 Å². The topological polar surface area (TPSA) is 98.9 Å². The molecule has 0 N–H and O–H groups in total. The van der Waals surface area contributed by atoms with E-state index in [2.05, 4.69) is 9.88 Å². The van der Waals surface area contributed by atoms with Gasteiger partial charge in [-0.3, -0.25) is 9.69 Å². The molecule has 8 nitrogen and oxygen atoms in total. The van der Waals surface area contributed by atoms with Crippen molar-refractivity contribution >= 4 is 27.6 Å². The van der Waals surface area contributed by atoms with Gasteiger partial charge >= 0.3 is 12.1 Å².